The topological polar surface area (TPSA) is 51.7 Å². The van der Waals surface area contributed by atoms with Crippen LogP contribution in [-0.4, -0.2) is 30.2 Å². The molecule has 1 fully saturated rings. The number of rotatable bonds is 3. The fourth-order valence-electron chi connectivity index (χ4n) is 3.05. The first-order valence-electron chi connectivity index (χ1n) is 7.54. The molecule has 5 nitrogen and oxygen atoms in total. The van der Waals surface area contributed by atoms with Crippen molar-refractivity contribution in [3.63, 3.8) is 0 Å². The van der Waals surface area contributed by atoms with Gasteiger partial charge in [0.05, 0.1) is 18.7 Å². The largest absolute Gasteiger partial charge is 0.465 e. The second kappa shape index (κ2) is 6.10. The Morgan fingerprint density at radius 1 is 1.35 bits per heavy atom. The van der Waals surface area contributed by atoms with E-state index in [2.05, 4.69) is 11.9 Å². The molecule has 1 aromatic heterocycles. The standard InChI is InChI=1S/C18H20N2O3/c1-18(15-5-4-10-19-12-15)11-16(20(2)23-18)13-6-8-14(9-7-13)17(21)22-3/h4-10,12,16H,11H2,1-3H3. The molecule has 2 aromatic rings. The average Bonchev–Trinajstić information content (AvgIpc) is 2.91. The molecular weight excluding hydrogens is 292 g/mol. The Balaban J connectivity index is 1.83. The third-order valence-corrected chi connectivity index (χ3v) is 4.36. The average molecular weight is 312 g/mol. The summed E-state index contributed by atoms with van der Waals surface area (Å²) in [6.45, 7) is 2.07. The molecule has 1 aliphatic heterocycles. The molecule has 2 atom stereocenters. The Labute approximate surface area is 135 Å². The first-order chi connectivity index (χ1) is 11.0. The van der Waals surface area contributed by atoms with Gasteiger partial charge in [-0.2, -0.15) is 5.06 Å². The number of benzene rings is 1. The highest BCUT2D eigenvalue weighted by Crippen LogP contribution is 2.44. The summed E-state index contributed by atoms with van der Waals surface area (Å²) in [5.41, 5.74) is 2.30. The molecule has 1 saturated heterocycles. The van der Waals surface area contributed by atoms with Gasteiger partial charge in [-0.25, -0.2) is 4.79 Å². The maximum Gasteiger partial charge on any atom is 0.337 e. The highest BCUT2D eigenvalue weighted by atomic mass is 16.7. The van der Waals surface area contributed by atoms with Gasteiger partial charge in [-0.15, -0.1) is 0 Å². The lowest BCUT2D eigenvalue weighted by molar-refractivity contribution is -0.188. The van der Waals surface area contributed by atoms with Crippen molar-refractivity contribution in [2.75, 3.05) is 14.2 Å². The van der Waals surface area contributed by atoms with Crippen molar-refractivity contribution in [3.05, 3.63) is 65.5 Å². The number of pyridine rings is 1. The summed E-state index contributed by atoms with van der Waals surface area (Å²) in [6.07, 6.45) is 4.41. The van der Waals surface area contributed by atoms with Crippen molar-refractivity contribution in [3.8, 4) is 0 Å². The fraction of sp³-hybridized carbons (Fsp3) is 0.333. The van der Waals surface area contributed by atoms with Gasteiger partial charge < -0.3 is 4.74 Å². The molecular formula is C18H20N2O3. The molecule has 2 heterocycles. The van der Waals surface area contributed by atoms with Crippen molar-refractivity contribution < 1.29 is 14.4 Å². The van der Waals surface area contributed by atoms with Crippen LogP contribution in [0.4, 0.5) is 0 Å². The van der Waals surface area contributed by atoms with E-state index in [1.54, 1.807) is 18.3 Å². The van der Waals surface area contributed by atoms with Gasteiger partial charge in [-0.3, -0.25) is 9.82 Å². The lowest BCUT2D eigenvalue weighted by atomic mass is 9.89. The van der Waals surface area contributed by atoms with Gasteiger partial charge in [0.2, 0.25) is 0 Å². The molecule has 1 aliphatic rings. The zero-order valence-corrected chi connectivity index (χ0v) is 13.5. The molecule has 2 unspecified atom stereocenters. The molecule has 0 saturated carbocycles. The molecule has 0 N–H and O–H groups in total. The van der Waals surface area contributed by atoms with Gasteiger partial charge in [-0.05, 0) is 30.7 Å². The summed E-state index contributed by atoms with van der Waals surface area (Å²) in [5, 5.41) is 1.88. The van der Waals surface area contributed by atoms with Gasteiger partial charge >= 0.3 is 5.97 Å². The maximum atomic E-state index is 11.5. The van der Waals surface area contributed by atoms with Crippen LogP contribution in [0.2, 0.25) is 0 Å². The van der Waals surface area contributed by atoms with E-state index in [0.29, 0.717) is 5.56 Å². The SMILES string of the molecule is COC(=O)c1ccc(C2CC(C)(c3cccnc3)ON2C)cc1. The second-order valence-corrected chi connectivity index (χ2v) is 5.94. The van der Waals surface area contributed by atoms with E-state index >= 15 is 0 Å². The number of nitrogens with zero attached hydrogens (tertiary/aromatic N) is 2. The van der Waals surface area contributed by atoms with Gasteiger partial charge in [0, 0.05) is 31.4 Å². The number of ether oxygens (including phenoxy) is 1. The van der Waals surface area contributed by atoms with E-state index in [1.165, 1.54) is 7.11 Å². The van der Waals surface area contributed by atoms with Crippen LogP contribution in [0.25, 0.3) is 0 Å². The molecule has 0 amide bonds. The Kier molecular flexibility index (Phi) is 4.15. The monoisotopic (exact) mass is 312 g/mol. The minimum Gasteiger partial charge on any atom is -0.465 e. The van der Waals surface area contributed by atoms with Crippen LogP contribution in [-0.2, 0) is 15.2 Å². The summed E-state index contributed by atoms with van der Waals surface area (Å²) >= 11 is 0. The summed E-state index contributed by atoms with van der Waals surface area (Å²) in [7, 11) is 3.31. The lowest BCUT2D eigenvalue weighted by Crippen LogP contribution is -2.23. The van der Waals surface area contributed by atoms with Crippen molar-refractivity contribution in [1.82, 2.24) is 10.0 Å². The number of hydroxylamine groups is 2. The minimum atomic E-state index is -0.408. The molecule has 3 rings (SSSR count). The predicted molar refractivity (Wildman–Crippen MR) is 85.6 cm³/mol. The van der Waals surface area contributed by atoms with E-state index in [4.69, 9.17) is 9.57 Å². The molecule has 0 spiro atoms. The van der Waals surface area contributed by atoms with E-state index in [1.807, 2.05) is 42.6 Å². The number of methoxy groups -OCH3 is 1. The quantitative estimate of drug-likeness (QED) is 0.815. The molecule has 120 valence electrons. The Morgan fingerprint density at radius 2 is 2.09 bits per heavy atom. The van der Waals surface area contributed by atoms with Crippen LogP contribution in [0.5, 0.6) is 0 Å². The first kappa shape index (κ1) is 15.6. The van der Waals surface area contributed by atoms with Crippen molar-refractivity contribution in [2.45, 2.75) is 25.0 Å². The van der Waals surface area contributed by atoms with Gasteiger partial charge in [-0.1, -0.05) is 18.2 Å². The number of carbonyl (C=O) groups excluding carboxylic acids is 1. The molecule has 0 bridgehead atoms. The molecule has 1 aromatic carbocycles. The van der Waals surface area contributed by atoms with Crippen molar-refractivity contribution in [1.29, 1.82) is 0 Å². The third-order valence-electron chi connectivity index (χ3n) is 4.36. The number of hydrogen-bond acceptors (Lipinski definition) is 5. The number of hydrogen-bond donors (Lipinski definition) is 0. The van der Waals surface area contributed by atoms with Crippen LogP contribution in [0, 0.1) is 0 Å². The predicted octanol–water partition coefficient (Wildman–Crippen LogP) is 3.09. The van der Waals surface area contributed by atoms with E-state index < -0.39 is 5.60 Å². The minimum absolute atomic E-state index is 0.118. The van der Waals surface area contributed by atoms with E-state index in [0.717, 1.165) is 17.5 Å². The lowest BCUT2D eigenvalue weighted by Gasteiger charge is -2.23. The summed E-state index contributed by atoms with van der Waals surface area (Å²) in [5.74, 6) is -0.326. The second-order valence-electron chi connectivity index (χ2n) is 5.94. The number of aromatic nitrogens is 1. The third kappa shape index (κ3) is 2.98. The van der Waals surface area contributed by atoms with Gasteiger partial charge in [0.1, 0.15) is 5.60 Å². The van der Waals surface area contributed by atoms with E-state index in [9.17, 15) is 4.79 Å². The summed E-state index contributed by atoms with van der Waals surface area (Å²) in [4.78, 5) is 21.8. The summed E-state index contributed by atoms with van der Waals surface area (Å²) in [6, 6.07) is 11.5. The highest BCUT2D eigenvalue weighted by molar-refractivity contribution is 5.89. The first-order valence-corrected chi connectivity index (χ1v) is 7.54. The maximum absolute atomic E-state index is 11.5. The Hall–Kier alpha value is -2.24. The zero-order valence-electron chi connectivity index (χ0n) is 13.5. The smallest absolute Gasteiger partial charge is 0.337 e. The fourth-order valence-corrected chi connectivity index (χ4v) is 3.05. The Morgan fingerprint density at radius 3 is 2.70 bits per heavy atom. The number of carbonyl (C=O) groups is 1. The van der Waals surface area contributed by atoms with Gasteiger partial charge in [0.25, 0.3) is 0 Å². The molecule has 0 aliphatic carbocycles. The molecule has 0 radical (unpaired) electrons. The molecule has 23 heavy (non-hydrogen) atoms. The van der Waals surface area contributed by atoms with Gasteiger partial charge in [0.15, 0.2) is 0 Å². The van der Waals surface area contributed by atoms with Crippen molar-refractivity contribution >= 4 is 5.97 Å². The molecule has 5 heteroatoms. The zero-order chi connectivity index (χ0) is 16.4. The Bertz CT molecular complexity index is 687. The van der Waals surface area contributed by atoms with Crippen molar-refractivity contribution in [2.24, 2.45) is 0 Å². The number of esters is 1. The van der Waals surface area contributed by atoms with Crippen LogP contribution in [0.3, 0.4) is 0 Å². The van der Waals surface area contributed by atoms with Crippen LogP contribution < -0.4 is 0 Å². The highest BCUT2D eigenvalue weighted by Gasteiger charge is 2.42. The van der Waals surface area contributed by atoms with Crippen LogP contribution in [0.1, 0.15) is 40.9 Å². The van der Waals surface area contributed by atoms with Crippen LogP contribution >= 0.6 is 0 Å². The summed E-state index contributed by atoms with van der Waals surface area (Å²) < 4.78 is 4.73. The van der Waals surface area contributed by atoms with Crippen LogP contribution in [0.15, 0.2) is 48.8 Å². The normalized spacial score (nSPS) is 24.6. The van der Waals surface area contributed by atoms with E-state index in [-0.39, 0.29) is 12.0 Å².